The monoisotopic (exact) mass is 374 g/mol. The van der Waals surface area contributed by atoms with Crippen LogP contribution in [0.2, 0.25) is 0 Å². The van der Waals surface area contributed by atoms with Crippen molar-refractivity contribution in [2.75, 3.05) is 11.6 Å². The summed E-state index contributed by atoms with van der Waals surface area (Å²) in [6, 6.07) is 0. The average Bonchev–Trinajstić information content (AvgIpc) is 2.97. The molecule has 0 spiro atoms. The number of nitrogens with zero attached hydrogens (tertiary/aromatic N) is 6. The number of hydrazone groups is 1. The van der Waals surface area contributed by atoms with E-state index in [0.717, 1.165) is 25.1 Å². The third-order valence-corrected chi connectivity index (χ3v) is 4.97. The highest BCUT2D eigenvalue weighted by molar-refractivity contribution is 5.87. The van der Waals surface area contributed by atoms with Crippen LogP contribution in [0.5, 0.6) is 0 Å². The molecule has 1 aliphatic heterocycles. The highest BCUT2D eigenvalue weighted by Crippen LogP contribution is 2.24. The molecule has 0 radical (unpaired) electrons. The molecular formula is C19H30N6O2. The van der Waals surface area contributed by atoms with Crippen LogP contribution in [0.4, 0.5) is 5.95 Å². The SMILES string of the molecule is CC1=NN(CCC(C)C)c2nc3c(c(=O)n(CCC(C)C)c(=O)n3C)n2C1. The Kier molecular flexibility index (Phi) is 5.26. The second-order valence-electron chi connectivity index (χ2n) is 8.29. The number of rotatable bonds is 6. The van der Waals surface area contributed by atoms with Gasteiger partial charge in [0.2, 0.25) is 5.95 Å². The minimum Gasteiger partial charge on any atom is -0.297 e. The minimum absolute atomic E-state index is 0.258. The Balaban J connectivity index is 2.17. The van der Waals surface area contributed by atoms with Crippen molar-refractivity contribution in [3.8, 4) is 0 Å². The summed E-state index contributed by atoms with van der Waals surface area (Å²) in [5.41, 5.74) is 1.27. The Morgan fingerprint density at radius 3 is 2.30 bits per heavy atom. The largest absolute Gasteiger partial charge is 0.332 e. The van der Waals surface area contributed by atoms with Gasteiger partial charge >= 0.3 is 5.69 Å². The molecule has 0 atom stereocenters. The van der Waals surface area contributed by atoms with Crippen molar-refractivity contribution in [1.82, 2.24) is 18.7 Å². The molecule has 2 aromatic heterocycles. The lowest BCUT2D eigenvalue weighted by molar-refractivity contribution is 0.487. The number of fused-ring (bicyclic) bond motifs is 3. The van der Waals surface area contributed by atoms with Gasteiger partial charge in [0.25, 0.3) is 5.56 Å². The average molecular weight is 374 g/mol. The Labute approximate surface area is 159 Å². The van der Waals surface area contributed by atoms with Crippen LogP contribution in [0.25, 0.3) is 11.2 Å². The van der Waals surface area contributed by atoms with E-state index in [1.54, 1.807) is 7.05 Å². The fourth-order valence-electron chi connectivity index (χ4n) is 3.33. The molecule has 8 heteroatoms. The first kappa shape index (κ1) is 19.4. The van der Waals surface area contributed by atoms with Gasteiger partial charge in [0.1, 0.15) is 0 Å². The Bertz CT molecular complexity index is 992. The molecule has 0 fully saturated rings. The summed E-state index contributed by atoms with van der Waals surface area (Å²) in [5.74, 6) is 1.60. The van der Waals surface area contributed by atoms with Crippen LogP contribution in [-0.4, -0.2) is 30.9 Å². The van der Waals surface area contributed by atoms with Crippen LogP contribution in [0.1, 0.15) is 47.5 Å². The van der Waals surface area contributed by atoms with E-state index in [1.807, 2.05) is 16.5 Å². The summed E-state index contributed by atoms with van der Waals surface area (Å²) in [7, 11) is 1.68. The normalized spacial score (nSPS) is 14.4. The maximum absolute atomic E-state index is 13.2. The molecule has 27 heavy (non-hydrogen) atoms. The quantitative estimate of drug-likeness (QED) is 0.776. The van der Waals surface area contributed by atoms with E-state index in [-0.39, 0.29) is 11.2 Å². The zero-order valence-electron chi connectivity index (χ0n) is 17.2. The van der Waals surface area contributed by atoms with E-state index in [9.17, 15) is 9.59 Å². The second kappa shape index (κ2) is 7.32. The first-order chi connectivity index (χ1) is 12.7. The highest BCUT2D eigenvalue weighted by atomic mass is 16.2. The zero-order valence-corrected chi connectivity index (χ0v) is 17.2. The number of hydrogen-bond acceptors (Lipinski definition) is 5. The molecule has 148 valence electrons. The van der Waals surface area contributed by atoms with Crippen LogP contribution < -0.4 is 16.3 Å². The maximum atomic E-state index is 13.2. The Morgan fingerprint density at radius 2 is 1.67 bits per heavy atom. The van der Waals surface area contributed by atoms with Gasteiger partial charge < -0.3 is 0 Å². The van der Waals surface area contributed by atoms with E-state index in [1.165, 1.54) is 9.13 Å². The van der Waals surface area contributed by atoms with Gasteiger partial charge in [-0.3, -0.25) is 18.5 Å². The molecule has 0 aliphatic carbocycles. The number of imidazole rings is 1. The molecule has 1 aliphatic rings. The molecule has 0 saturated carbocycles. The lowest BCUT2D eigenvalue weighted by Crippen LogP contribution is -2.40. The van der Waals surface area contributed by atoms with Crippen molar-refractivity contribution in [3.63, 3.8) is 0 Å². The number of hydrogen-bond donors (Lipinski definition) is 0. The minimum atomic E-state index is -0.310. The third kappa shape index (κ3) is 3.57. The van der Waals surface area contributed by atoms with E-state index >= 15 is 0 Å². The first-order valence-corrected chi connectivity index (χ1v) is 9.72. The van der Waals surface area contributed by atoms with Crippen LogP contribution >= 0.6 is 0 Å². The third-order valence-electron chi connectivity index (χ3n) is 4.97. The van der Waals surface area contributed by atoms with Gasteiger partial charge in [-0.1, -0.05) is 27.7 Å². The Hall–Kier alpha value is -2.38. The van der Waals surface area contributed by atoms with Gasteiger partial charge in [0.15, 0.2) is 11.2 Å². The van der Waals surface area contributed by atoms with Crippen LogP contribution in [0.15, 0.2) is 14.7 Å². The van der Waals surface area contributed by atoms with Crippen molar-refractivity contribution in [3.05, 3.63) is 20.8 Å². The lowest BCUT2D eigenvalue weighted by atomic mass is 10.1. The molecule has 2 aromatic rings. The zero-order chi connectivity index (χ0) is 19.9. The molecule has 3 heterocycles. The summed E-state index contributed by atoms with van der Waals surface area (Å²) in [6.45, 7) is 12.1. The van der Waals surface area contributed by atoms with Crippen LogP contribution in [0.3, 0.4) is 0 Å². The second-order valence-corrected chi connectivity index (χ2v) is 8.29. The van der Waals surface area contributed by atoms with E-state index in [0.29, 0.717) is 42.0 Å². The van der Waals surface area contributed by atoms with Gasteiger partial charge in [-0.25, -0.2) is 9.80 Å². The van der Waals surface area contributed by atoms with E-state index in [4.69, 9.17) is 0 Å². The van der Waals surface area contributed by atoms with Crippen molar-refractivity contribution < 1.29 is 0 Å². The topological polar surface area (TPSA) is 77.4 Å². The summed E-state index contributed by atoms with van der Waals surface area (Å²) >= 11 is 0. The van der Waals surface area contributed by atoms with Crippen molar-refractivity contribution >= 4 is 22.8 Å². The van der Waals surface area contributed by atoms with Gasteiger partial charge in [0, 0.05) is 20.1 Å². The van der Waals surface area contributed by atoms with E-state index in [2.05, 4.69) is 37.8 Å². The number of anilines is 1. The molecule has 0 aromatic carbocycles. The van der Waals surface area contributed by atoms with Crippen LogP contribution in [0, 0.1) is 11.8 Å². The summed E-state index contributed by atoms with van der Waals surface area (Å²) in [5, 5.41) is 6.49. The fraction of sp³-hybridized carbons (Fsp3) is 0.684. The van der Waals surface area contributed by atoms with Gasteiger partial charge in [0.05, 0.1) is 12.3 Å². The van der Waals surface area contributed by atoms with Crippen molar-refractivity contribution in [2.24, 2.45) is 24.0 Å². The Morgan fingerprint density at radius 1 is 1.04 bits per heavy atom. The van der Waals surface area contributed by atoms with E-state index < -0.39 is 0 Å². The molecule has 0 unspecified atom stereocenters. The summed E-state index contributed by atoms with van der Waals surface area (Å²) in [4.78, 5) is 30.5. The maximum Gasteiger partial charge on any atom is 0.332 e. The van der Waals surface area contributed by atoms with Crippen LogP contribution in [-0.2, 0) is 20.1 Å². The highest BCUT2D eigenvalue weighted by Gasteiger charge is 2.26. The smallest absolute Gasteiger partial charge is 0.297 e. The molecule has 0 amide bonds. The van der Waals surface area contributed by atoms with Crippen molar-refractivity contribution in [2.45, 2.75) is 60.5 Å². The number of aryl methyl sites for hydroxylation is 1. The van der Waals surface area contributed by atoms with Gasteiger partial charge in [-0.15, -0.1) is 0 Å². The standard InChI is InChI=1S/C19H30N6O2/c1-12(2)7-9-23-17(26)15-16(22(6)19(23)27)20-18-24(15)11-14(5)21-25(18)10-8-13(3)4/h12-13H,7-11H2,1-6H3. The number of aromatic nitrogens is 4. The van der Waals surface area contributed by atoms with Gasteiger partial charge in [-0.05, 0) is 31.6 Å². The molecular weight excluding hydrogens is 344 g/mol. The summed E-state index contributed by atoms with van der Waals surface area (Å²) < 4.78 is 4.74. The molecule has 0 N–H and O–H groups in total. The molecule has 0 bridgehead atoms. The predicted molar refractivity (Wildman–Crippen MR) is 109 cm³/mol. The molecule has 3 rings (SSSR count). The predicted octanol–water partition coefficient (Wildman–Crippen LogP) is 2.18. The van der Waals surface area contributed by atoms with Crippen molar-refractivity contribution in [1.29, 1.82) is 0 Å². The summed E-state index contributed by atoms with van der Waals surface area (Å²) in [6.07, 6.45) is 1.75. The molecule has 8 nitrogen and oxygen atoms in total. The molecule has 0 saturated heterocycles. The lowest BCUT2D eigenvalue weighted by Gasteiger charge is -2.25. The van der Waals surface area contributed by atoms with Gasteiger partial charge in [-0.2, -0.15) is 10.1 Å². The fourth-order valence-corrected chi connectivity index (χ4v) is 3.33. The first-order valence-electron chi connectivity index (χ1n) is 9.72.